The summed E-state index contributed by atoms with van der Waals surface area (Å²) in [4.78, 5) is 11.9. The van der Waals surface area contributed by atoms with Crippen LogP contribution in [-0.2, 0) is 4.79 Å². The zero-order chi connectivity index (χ0) is 10.6. The highest BCUT2D eigenvalue weighted by Crippen LogP contribution is 2.27. The SMILES string of the molecule is CNC(=O)CSc1ccc(Cl)c(Cl)c1. The third kappa shape index (κ3) is 3.40. The van der Waals surface area contributed by atoms with Gasteiger partial charge >= 0.3 is 0 Å². The molecule has 0 spiro atoms. The largest absolute Gasteiger partial charge is 0.358 e. The van der Waals surface area contributed by atoms with Gasteiger partial charge in [-0.1, -0.05) is 23.2 Å². The maximum absolute atomic E-state index is 10.9. The molecule has 0 atom stereocenters. The smallest absolute Gasteiger partial charge is 0.230 e. The number of halogens is 2. The molecule has 0 aliphatic rings. The van der Waals surface area contributed by atoms with Gasteiger partial charge in [-0.2, -0.15) is 0 Å². The molecule has 0 bridgehead atoms. The van der Waals surface area contributed by atoms with Gasteiger partial charge in [0.1, 0.15) is 0 Å². The third-order valence-electron chi connectivity index (χ3n) is 1.54. The first kappa shape index (κ1) is 11.7. The Labute approximate surface area is 97.0 Å². The molecule has 1 aromatic carbocycles. The summed E-state index contributed by atoms with van der Waals surface area (Å²) in [6, 6.07) is 5.30. The fourth-order valence-corrected chi connectivity index (χ4v) is 1.96. The molecule has 0 saturated carbocycles. The lowest BCUT2D eigenvalue weighted by molar-refractivity contribution is -0.118. The van der Waals surface area contributed by atoms with Crippen molar-refractivity contribution in [3.05, 3.63) is 28.2 Å². The van der Waals surface area contributed by atoms with Gasteiger partial charge < -0.3 is 5.32 Å². The summed E-state index contributed by atoms with van der Waals surface area (Å²) in [5.41, 5.74) is 0. The zero-order valence-electron chi connectivity index (χ0n) is 7.51. The summed E-state index contributed by atoms with van der Waals surface area (Å²) in [7, 11) is 1.61. The molecule has 0 heterocycles. The molecule has 0 saturated heterocycles. The van der Waals surface area contributed by atoms with E-state index in [1.807, 2.05) is 6.07 Å². The second-order valence-corrected chi connectivity index (χ2v) is 4.40. The van der Waals surface area contributed by atoms with Gasteiger partial charge in [0.25, 0.3) is 0 Å². The van der Waals surface area contributed by atoms with Crippen molar-refractivity contribution >= 4 is 40.9 Å². The van der Waals surface area contributed by atoms with E-state index in [-0.39, 0.29) is 5.91 Å². The number of hydrogen-bond donors (Lipinski definition) is 1. The number of rotatable bonds is 3. The minimum Gasteiger partial charge on any atom is -0.358 e. The second-order valence-electron chi connectivity index (χ2n) is 2.54. The van der Waals surface area contributed by atoms with Crippen LogP contribution >= 0.6 is 35.0 Å². The lowest BCUT2D eigenvalue weighted by atomic mass is 10.4. The summed E-state index contributed by atoms with van der Waals surface area (Å²) in [6.07, 6.45) is 0. The third-order valence-corrected chi connectivity index (χ3v) is 3.27. The molecule has 0 aliphatic carbocycles. The first-order valence-electron chi connectivity index (χ1n) is 3.92. The Morgan fingerprint density at radius 1 is 1.43 bits per heavy atom. The Kier molecular flexibility index (Phi) is 4.58. The van der Waals surface area contributed by atoms with Crippen LogP contribution in [0.2, 0.25) is 10.0 Å². The number of carbonyl (C=O) groups excluding carboxylic acids is 1. The molecular formula is C9H9Cl2NOS. The zero-order valence-corrected chi connectivity index (χ0v) is 9.84. The fraction of sp³-hybridized carbons (Fsp3) is 0.222. The van der Waals surface area contributed by atoms with Crippen LogP contribution in [0.15, 0.2) is 23.1 Å². The lowest BCUT2D eigenvalue weighted by Gasteiger charge is -2.02. The highest BCUT2D eigenvalue weighted by Gasteiger charge is 2.02. The normalized spacial score (nSPS) is 9.93. The van der Waals surface area contributed by atoms with Crippen LogP contribution in [0, 0.1) is 0 Å². The van der Waals surface area contributed by atoms with Gasteiger partial charge in [0.05, 0.1) is 15.8 Å². The predicted octanol–water partition coefficient (Wildman–Crippen LogP) is 2.83. The van der Waals surface area contributed by atoms with E-state index in [1.165, 1.54) is 11.8 Å². The number of thioether (sulfide) groups is 1. The molecule has 1 amide bonds. The highest BCUT2D eigenvalue weighted by molar-refractivity contribution is 8.00. The van der Waals surface area contributed by atoms with Crippen molar-refractivity contribution < 1.29 is 4.79 Å². The monoisotopic (exact) mass is 249 g/mol. The van der Waals surface area contributed by atoms with E-state index < -0.39 is 0 Å². The Balaban J connectivity index is 2.60. The van der Waals surface area contributed by atoms with Crippen LogP contribution in [0.1, 0.15) is 0 Å². The number of hydrogen-bond acceptors (Lipinski definition) is 2. The number of carbonyl (C=O) groups is 1. The highest BCUT2D eigenvalue weighted by atomic mass is 35.5. The fourth-order valence-electron chi connectivity index (χ4n) is 0.788. The van der Waals surface area contributed by atoms with Crippen molar-refractivity contribution in [3.8, 4) is 0 Å². The predicted molar refractivity (Wildman–Crippen MR) is 61.3 cm³/mol. The van der Waals surface area contributed by atoms with E-state index in [4.69, 9.17) is 23.2 Å². The molecule has 1 aromatic rings. The van der Waals surface area contributed by atoms with E-state index in [9.17, 15) is 4.79 Å². The number of amides is 1. The Bertz CT molecular complexity index is 344. The van der Waals surface area contributed by atoms with Crippen LogP contribution in [0.5, 0.6) is 0 Å². The van der Waals surface area contributed by atoms with Crippen molar-refractivity contribution in [2.24, 2.45) is 0 Å². The lowest BCUT2D eigenvalue weighted by Crippen LogP contribution is -2.19. The maximum Gasteiger partial charge on any atom is 0.230 e. The molecule has 0 unspecified atom stereocenters. The van der Waals surface area contributed by atoms with E-state index >= 15 is 0 Å². The van der Waals surface area contributed by atoms with Crippen molar-refractivity contribution in [1.82, 2.24) is 5.32 Å². The van der Waals surface area contributed by atoms with Gasteiger partial charge in [-0.25, -0.2) is 0 Å². The van der Waals surface area contributed by atoms with Gasteiger partial charge in [0.2, 0.25) is 5.91 Å². The van der Waals surface area contributed by atoms with E-state index in [1.54, 1.807) is 19.2 Å². The summed E-state index contributed by atoms with van der Waals surface area (Å²) in [5, 5.41) is 3.57. The van der Waals surface area contributed by atoms with Gasteiger partial charge in [-0.15, -0.1) is 11.8 Å². The summed E-state index contributed by atoms with van der Waals surface area (Å²) < 4.78 is 0. The van der Waals surface area contributed by atoms with E-state index in [2.05, 4.69) is 5.32 Å². The number of benzene rings is 1. The summed E-state index contributed by atoms with van der Waals surface area (Å²) in [6.45, 7) is 0. The molecule has 2 nitrogen and oxygen atoms in total. The molecule has 0 radical (unpaired) electrons. The van der Waals surface area contributed by atoms with E-state index in [0.29, 0.717) is 15.8 Å². The van der Waals surface area contributed by atoms with Crippen molar-refractivity contribution in [2.45, 2.75) is 4.90 Å². The maximum atomic E-state index is 10.9. The van der Waals surface area contributed by atoms with Gasteiger partial charge in [-0.05, 0) is 18.2 Å². The van der Waals surface area contributed by atoms with Crippen LogP contribution in [0.4, 0.5) is 0 Å². The Morgan fingerprint density at radius 3 is 2.71 bits per heavy atom. The average Bonchev–Trinajstić information content (AvgIpc) is 2.19. The van der Waals surface area contributed by atoms with Crippen LogP contribution < -0.4 is 5.32 Å². The molecule has 14 heavy (non-hydrogen) atoms. The molecule has 76 valence electrons. The average molecular weight is 250 g/mol. The Hall–Kier alpha value is -0.380. The van der Waals surface area contributed by atoms with Crippen LogP contribution in [0.3, 0.4) is 0 Å². The van der Waals surface area contributed by atoms with Gasteiger partial charge in [-0.3, -0.25) is 4.79 Å². The first-order chi connectivity index (χ1) is 6.63. The van der Waals surface area contributed by atoms with E-state index in [0.717, 1.165) is 4.90 Å². The summed E-state index contributed by atoms with van der Waals surface area (Å²) in [5.74, 6) is 0.370. The minimum atomic E-state index is -0.0129. The molecule has 0 aromatic heterocycles. The first-order valence-corrected chi connectivity index (χ1v) is 5.66. The van der Waals surface area contributed by atoms with Crippen molar-refractivity contribution in [1.29, 1.82) is 0 Å². The van der Waals surface area contributed by atoms with Crippen molar-refractivity contribution in [2.75, 3.05) is 12.8 Å². The van der Waals surface area contributed by atoms with Gasteiger partial charge in [0, 0.05) is 11.9 Å². The molecule has 0 fully saturated rings. The summed E-state index contributed by atoms with van der Waals surface area (Å²) >= 11 is 13.0. The molecular weight excluding hydrogens is 241 g/mol. The number of nitrogens with one attached hydrogen (secondary N) is 1. The minimum absolute atomic E-state index is 0.0129. The molecule has 1 N–H and O–H groups in total. The Morgan fingerprint density at radius 2 is 2.14 bits per heavy atom. The van der Waals surface area contributed by atoms with Crippen molar-refractivity contribution in [3.63, 3.8) is 0 Å². The van der Waals surface area contributed by atoms with Crippen LogP contribution in [0.25, 0.3) is 0 Å². The second kappa shape index (κ2) is 5.49. The molecule has 1 rings (SSSR count). The molecule has 0 aliphatic heterocycles. The quantitative estimate of drug-likeness (QED) is 0.836. The standard InChI is InChI=1S/C9H9Cl2NOS/c1-12-9(13)5-14-6-2-3-7(10)8(11)4-6/h2-4H,5H2,1H3,(H,12,13). The molecule has 5 heteroatoms. The van der Waals surface area contributed by atoms with Crippen LogP contribution in [-0.4, -0.2) is 18.7 Å². The topological polar surface area (TPSA) is 29.1 Å². The van der Waals surface area contributed by atoms with Gasteiger partial charge in [0.15, 0.2) is 0 Å².